The van der Waals surface area contributed by atoms with Crippen LogP contribution in [0.25, 0.3) is 0 Å². The zero-order chi connectivity index (χ0) is 13.5. The summed E-state index contributed by atoms with van der Waals surface area (Å²) in [5.41, 5.74) is 1.23. The molecule has 0 radical (unpaired) electrons. The van der Waals surface area contributed by atoms with Gasteiger partial charge in [0.2, 0.25) is 0 Å². The normalized spacial score (nSPS) is 20.6. The number of aromatic hydroxyl groups is 1. The maximum atomic E-state index is 9.21. The third-order valence-corrected chi connectivity index (χ3v) is 4.00. The van der Waals surface area contributed by atoms with Crippen LogP contribution >= 0.6 is 0 Å². The lowest BCUT2D eigenvalue weighted by atomic mass is 10.0. The highest BCUT2D eigenvalue weighted by atomic mass is 16.3. The summed E-state index contributed by atoms with van der Waals surface area (Å²) >= 11 is 0. The van der Waals surface area contributed by atoms with E-state index in [1.54, 1.807) is 12.1 Å². The number of rotatable bonds is 6. The standard InChI is InChI=1S/C16H26N2O/c1-14-5-2-3-11-18(14)12-4-10-17-13-15-6-8-16(19)9-7-15/h6-9,14,17,19H,2-5,10-13H2,1H3. The van der Waals surface area contributed by atoms with Gasteiger partial charge in [0.25, 0.3) is 0 Å². The molecule has 1 heterocycles. The SMILES string of the molecule is CC1CCCCN1CCCNCc1ccc(O)cc1. The summed E-state index contributed by atoms with van der Waals surface area (Å²) in [5, 5.41) is 12.7. The molecule has 3 nitrogen and oxygen atoms in total. The van der Waals surface area contributed by atoms with Crippen molar-refractivity contribution in [2.45, 2.75) is 45.2 Å². The Bertz CT molecular complexity index is 364. The van der Waals surface area contributed by atoms with Crippen LogP contribution in [0.4, 0.5) is 0 Å². The monoisotopic (exact) mass is 262 g/mol. The fraction of sp³-hybridized carbons (Fsp3) is 0.625. The first-order valence-electron chi connectivity index (χ1n) is 7.48. The Morgan fingerprint density at radius 1 is 1.26 bits per heavy atom. The minimum atomic E-state index is 0.336. The zero-order valence-corrected chi connectivity index (χ0v) is 11.9. The molecular formula is C16H26N2O. The van der Waals surface area contributed by atoms with Gasteiger partial charge in [-0.15, -0.1) is 0 Å². The van der Waals surface area contributed by atoms with E-state index in [0.29, 0.717) is 5.75 Å². The molecule has 1 aliphatic rings. The Morgan fingerprint density at radius 3 is 2.79 bits per heavy atom. The third-order valence-electron chi connectivity index (χ3n) is 4.00. The smallest absolute Gasteiger partial charge is 0.115 e. The molecule has 1 aromatic carbocycles. The molecule has 0 aromatic heterocycles. The summed E-state index contributed by atoms with van der Waals surface area (Å²) in [4.78, 5) is 2.62. The van der Waals surface area contributed by atoms with Crippen molar-refractivity contribution in [3.63, 3.8) is 0 Å². The van der Waals surface area contributed by atoms with Gasteiger partial charge in [-0.05, 0) is 63.5 Å². The van der Waals surface area contributed by atoms with Crippen LogP contribution < -0.4 is 5.32 Å². The highest BCUT2D eigenvalue weighted by Gasteiger charge is 2.16. The summed E-state index contributed by atoms with van der Waals surface area (Å²) in [5.74, 6) is 0.336. The van der Waals surface area contributed by atoms with Crippen molar-refractivity contribution in [2.75, 3.05) is 19.6 Å². The van der Waals surface area contributed by atoms with Gasteiger partial charge in [-0.1, -0.05) is 18.6 Å². The molecule has 2 rings (SSSR count). The number of nitrogens with zero attached hydrogens (tertiary/aromatic N) is 1. The average molecular weight is 262 g/mol. The van der Waals surface area contributed by atoms with Crippen molar-refractivity contribution in [1.29, 1.82) is 0 Å². The predicted octanol–water partition coefficient (Wildman–Crippen LogP) is 2.75. The Labute approximate surface area is 116 Å². The fourth-order valence-electron chi connectivity index (χ4n) is 2.74. The van der Waals surface area contributed by atoms with Gasteiger partial charge in [-0.2, -0.15) is 0 Å². The number of likely N-dealkylation sites (tertiary alicyclic amines) is 1. The second kappa shape index (κ2) is 7.51. The predicted molar refractivity (Wildman–Crippen MR) is 79.3 cm³/mol. The lowest BCUT2D eigenvalue weighted by Gasteiger charge is -2.33. The number of hydrogen-bond acceptors (Lipinski definition) is 3. The molecule has 1 aliphatic heterocycles. The summed E-state index contributed by atoms with van der Waals surface area (Å²) in [7, 11) is 0. The van der Waals surface area contributed by atoms with E-state index < -0.39 is 0 Å². The fourth-order valence-corrected chi connectivity index (χ4v) is 2.74. The second-order valence-electron chi connectivity index (χ2n) is 5.58. The topological polar surface area (TPSA) is 35.5 Å². The maximum Gasteiger partial charge on any atom is 0.115 e. The maximum absolute atomic E-state index is 9.21. The number of phenols is 1. The molecule has 1 aromatic rings. The van der Waals surface area contributed by atoms with Crippen molar-refractivity contribution in [3.05, 3.63) is 29.8 Å². The van der Waals surface area contributed by atoms with E-state index in [1.165, 1.54) is 44.3 Å². The molecule has 0 aliphatic carbocycles. The molecule has 2 N–H and O–H groups in total. The number of hydrogen-bond donors (Lipinski definition) is 2. The molecule has 1 atom stereocenters. The lowest BCUT2D eigenvalue weighted by Crippen LogP contribution is -2.38. The van der Waals surface area contributed by atoms with Crippen LogP contribution in [0.15, 0.2) is 24.3 Å². The molecule has 3 heteroatoms. The van der Waals surface area contributed by atoms with E-state index >= 15 is 0 Å². The minimum absolute atomic E-state index is 0.336. The minimum Gasteiger partial charge on any atom is -0.508 e. The zero-order valence-electron chi connectivity index (χ0n) is 11.9. The molecule has 1 saturated heterocycles. The van der Waals surface area contributed by atoms with Gasteiger partial charge in [0.15, 0.2) is 0 Å². The van der Waals surface area contributed by atoms with Crippen LogP contribution in [-0.2, 0) is 6.54 Å². The molecular weight excluding hydrogens is 236 g/mol. The molecule has 0 bridgehead atoms. The Morgan fingerprint density at radius 2 is 2.05 bits per heavy atom. The van der Waals surface area contributed by atoms with Gasteiger partial charge in [-0.3, -0.25) is 0 Å². The summed E-state index contributed by atoms with van der Waals surface area (Å²) in [6.07, 6.45) is 5.34. The van der Waals surface area contributed by atoms with E-state index in [-0.39, 0.29) is 0 Å². The Balaban J connectivity index is 1.58. The summed E-state index contributed by atoms with van der Waals surface area (Å²) < 4.78 is 0. The highest BCUT2D eigenvalue weighted by molar-refractivity contribution is 5.25. The van der Waals surface area contributed by atoms with Gasteiger partial charge in [0.1, 0.15) is 5.75 Å². The highest BCUT2D eigenvalue weighted by Crippen LogP contribution is 2.16. The van der Waals surface area contributed by atoms with Crippen molar-refractivity contribution < 1.29 is 5.11 Å². The van der Waals surface area contributed by atoms with Crippen LogP contribution in [-0.4, -0.2) is 35.7 Å². The first-order chi connectivity index (χ1) is 9.25. The van der Waals surface area contributed by atoms with Gasteiger partial charge in [-0.25, -0.2) is 0 Å². The van der Waals surface area contributed by atoms with Crippen LogP contribution in [0.1, 0.15) is 38.2 Å². The summed E-state index contributed by atoms with van der Waals surface area (Å²) in [6, 6.07) is 8.19. The van der Waals surface area contributed by atoms with E-state index in [2.05, 4.69) is 17.1 Å². The quantitative estimate of drug-likeness (QED) is 0.774. The van der Waals surface area contributed by atoms with E-state index in [1.807, 2.05) is 12.1 Å². The molecule has 0 saturated carbocycles. The van der Waals surface area contributed by atoms with Gasteiger partial charge in [0, 0.05) is 12.6 Å². The van der Waals surface area contributed by atoms with Crippen LogP contribution in [0.5, 0.6) is 5.75 Å². The van der Waals surface area contributed by atoms with E-state index in [4.69, 9.17) is 0 Å². The van der Waals surface area contributed by atoms with Gasteiger partial charge < -0.3 is 15.3 Å². The number of benzene rings is 1. The van der Waals surface area contributed by atoms with E-state index in [9.17, 15) is 5.11 Å². The van der Waals surface area contributed by atoms with Gasteiger partial charge >= 0.3 is 0 Å². The average Bonchev–Trinajstić information content (AvgIpc) is 2.42. The van der Waals surface area contributed by atoms with Crippen LogP contribution in [0.2, 0.25) is 0 Å². The van der Waals surface area contributed by atoms with Gasteiger partial charge in [0.05, 0.1) is 0 Å². The van der Waals surface area contributed by atoms with Crippen molar-refractivity contribution in [1.82, 2.24) is 10.2 Å². The Hall–Kier alpha value is -1.06. The van der Waals surface area contributed by atoms with Crippen LogP contribution in [0.3, 0.4) is 0 Å². The molecule has 19 heavy (non-hydrogen) atoms. The summed E-state index contributed by atoms with van der Waals surface area (Å²) in [6.45, 7) is 6.78. The molecule has 0 amide bonds. The van der Waals surface area contributed by atoms with Crippen molar-refractivity contribution in [3.8, 4) is 5.75 Å². The Kier molecular flexibility index (Phi) is 5.67. The lowest BCUT2D eigenvalue weighted by molar-refractivity contribution is 0.159. The number of nitrogens with one attached hydrogen (secondary N) is 1. The van der Waals surface area contributed by atoms with E-state index in [0.717, 1.165) is 19.1 Å². The van der Waals surface area contributed by atoms with Crippen molar-refractivity contribution >= 4 is 0 Å². The largest absolute Gasteiger partial charge is 0.508 e. The van der Waals surface area contributed by atoms with Crippen LogP contribution in [0, 0.1) is 0 Å². The molecule has 0 spiro atoms. The molecule has 1 fully saturated rings. The first-order valence-corrected chi connectivity index (χ1v) is 7.48. The third kappa shape index (κ3) is 4.84. The number of phenolic OH excluding ortho intramolecular Hbond substituents is 1. The molecule has 1 unspecified atom stereocenters. The molecule has 106 valence electrons. The first kappa shape index (κ1) is 14.4. The van der Waals surface area contributed by atoms with Crippen molar-refractivity contribution in [2.24, 2.45) is 0 Å². The number of piperidine rings is 1. The second-order valence-corrected chi connectivity index (χ2v) is 5.58.